The van der Waals surface area contributed by atoms with E-state index in [4.69, 9.17) is 16.3 Å². The van der Waals surface area contributed by atoms with E-state index < -0.39 is 24.0 Å². The van der Waals surface area contributed by atoms with E-state index in [1.807, 2.05) is 0 Å². The highest BCUT2D eigenvalue weighted by Crippen LogP contribution is 2.20. The molecule has 2 amide bonds. The van der Waals surface area contributed by atoms with Crippen molar-refractivity contribution >= 4 is 29.4 Å². The standard InChI is InChI=1S/C19H19ClN2O4/c1-12(23)21-16(13-6-4-3-5-7-13)18(24)22-17(19(25)26-2)14-8-10-15(20)11-9-14/h3-11,16-17H,1-2H3,(H,21,23)(H,22,24). The zero-order valence-corrected chi connectivity index (χ0v) is 15.1. The van der Waals surface area contributed by atoms with Crippen LogP contribution >= 0.6 is 11.6 Å². The fourth-order valence-electron chi connectivity index (χ4n) is 2.43. The maximum absolute atomic E-state index is 12.8. The van der Waals surface area contributed by atoms with Crippen LogP contribution in [0.3, 0.4) is 0 Å². The minimum atomic E-state index is -1.02. The molecule has 0 saturated heterocycles. The van der Waals surface area contributed by atoms with Crippen molar-refractivity contribution in [2.45, 2.75) is 19.0 Å². The molecule has 0 aliphatic rings. The average Bonchev–Trinajstić information content (AvgIpc) is 2.64. The summed E-state index contributed by atoms with van der Waals surface area (Å²) in [4.78, 5) is 36.5. The second kappa shape index (κ2) is 9.01. The van der Waals surface area contributed by atoms with Gasteiger partial charge in [0.05, 0.1) is 7.11 Å². The summed E-state index contributed by atoms with van der Waals surface area (Å²) in [6.07, 6.45) is 0. The van der Waals surface area contributed by atoms with Gasteiger partial charge in [-0.1, -0.05) is 54.1 Å². The molecule has 0 aromatic heterocycles. The van der Waals surface area contributed by atoms with Crippen LogP contribution in [0.2, 0.25) is 5.02 Å². The smallest absolute Gasteiger partial charge is 0.333 e. The van der Waals surface area contributed by atoms with Gasteiger partial charge < -0.3 is 15.4 Å². The summed E-state index contributed by atoms with van der Waals surface area (Å²) in [5, 5.41) is 5.73. The van der Waals surface area contributed by atoms with E-state index in [9.17, 15) is 14.4 Å². The largest absolute Gasteiger partial charge is 0.467 e. The monoisotopic (exact) mass is 374 g/mol. The number of carbonyl (C=O) groups excluding carboxylic acids is 3. The number of carbonyl (C=O) groups is 3. The maximum atomic E-state index is 12.8. The number of benzene rings is 2. The number of ether oxygens (including phenoxy) is 1. The summed E-state index contributed by atoms with van der Waals surface area (Å²) in [6.45, 7) is 1.32. The van der Waals surface area contributed by atoms with Crippen molar-refractivity contribution in [3.8, 4) is 0 Å². The number of rotatable bonds is 6. The van der Waals surface area contributed by atoms with Gasteiger partial charge in [-0.3, -0.25) is 9.59 Å². The van der Waals surface area contributed by atoms with Crippen LogP contribution in [-0.4, -0.2) is 24.9 Å². The lowest BCUT2D eigenvalue weighted by atomic mass is 10.0. The third kappa shape index (κ3) is 5.07. The van der Waals surface area contributed by atoms with Crippen LogP contribution in [-0.2, 0) is 19.1 Å². The molecular weight excluding hydrogens is 356 g/mol. The summed E-state index contributed by atoms with van der Waals surface area (Å²) >= 11 is 5.87. The zero-order valence-electron chi connectivity index (χ0n) is 14.4. The van der Waals surface area contributed by atoms with Gasteiger partial charge in [-0.25, -0.2) is 4.79 Å². The Bertz CT molecular complexity index is 778. The summed E-state index contributed by atoms with van der Waals surface area (Å²) in [5.41, 5.74) is 1.11. The summed E-state index contributed by atoms with van der Waals surface area (Å²) in [7, 11) is 1.24. The second-order valence-electron chi connectivity index (χ2n) is 5.56. The third-order valence-electron chi connectivity index (χ3n) is 3.67. The minimum Gasteiger partial charge on any atom is -0.467 e. The van der Waals surface area contributed by atoms with E-state index in [0.717, 1.165) is 0 Å². The van der Waals surface area contributed by atoms with Gasteiger partial charge in [-0.2, -0.15) is 0 Å². The van der Waals surface area contributed by atoms with Crippen LogP contribution in [0.15, 0.2) is 54.6 Å². The molecule has 0 fully saturated rings. The lowest BCUT2D eigenvalue weighted by Crippen LogP contribution is -2.43. The predicted octanol–water partition coefficient (Wildman–Crippen LogP) is 2.55. The van der Waals surface area contributed by atoms with Gasteiger partial charge in [0.25, 0.3) is 0 Å². The van der Waals surface area contributed by atoms with Crippen LogP contribution in [0.1, 0.15) is 30.1 Å². The number of nitrogens with one attached hydrogen (secondary N) is 2. The van der Waals surface area contributed by atoms with E-state index in [0.29, 0.717) is 16.1 Å². The molecule has 0 radical (unpaired) electrons. The Morgan fingerprint density at radius 1 is 0.885 bits per heavy atom. The molecule has 2 atom stereocenters. The van der Waals surface area contributed by atoms with Crippen molar-refractivity contribution < 1.29 is 19.1 Å². The maximum Gasteiger partial charge on any atom is 0.333 e. The van der Waals surface area contributed by atoms with Crippen LogP contribution in [0.5, 0.6) is 0 Å². The first kappa shape index (κ1) is 19.5. The first-order chi connectivity index (χ1) is 12.4. The number of hydrogen-bond donors (Lipinski definition) is 2. The molecule has 2 rings (SSSR count). The quantitative estimate of drug-likeness (QED) is 0.761. The van der Waals surface area contributed by atoms with Crippen molar-refractivity contribution in [3.63, 3.8) is 0 Å². The normalized spacial score (nSPS) is 12.6. The molecule has 2 N–H and O–H groups in total. The lowest BCUT2D eigenvalue weighted by Gasteiger charge is -2.22. The van der Waals surface area contributed by atoms with E-state index in [-0.39, 0.29) is 5.91 Å². The molecule has 0 aliphatic heterocycles. The summed E-state index contributed by atoms with van der Waals surface area (Å²) in [6, 6.07) is 13.3. The third-order valence-corrected chi connectivity index (χ3v) is 3.92. The highest BCUT2D eigenvalue weighted by atomic mass is 35.5. The number of esters is 1. The first-order valence-corrected chi connectivity index (χ1v) is 8.26. The Labute approximate surface area is 156 Å². The molecule has 2 aromatic rings. The molecule has 0 bridgehead atoms. The molecule has 0 aliphatic carbocycles. The van der Waals surface area contributed by atoms with Crippen LogP contribution < -0.4 is 10.6 Å². The molecule has 7 heteroatoms. The van der Waals surface area contributed by atoms with E-state index in [1.165, 1.54) is 14.0 Å². The molecule has 26 heavy (non-hydrogen) atoms. The van der Waals surface area contributed by atoms with Gasteiger partial charge in [0.2, 0.25) is 11.8 Å². The molecule has 2 aromatic carbocycles. The Balaban J connectivity index is 2.29. The second-order valence-corrected chi connectivity index (χ2v) is 6.00. The van der Waals surface area contributed by atoms with Crippen molar-refractivity contribution in [1.82, 2.24) is 10.6 Å². The molecular formula is C19H19ClN2O4. The molecule has 0 heterocycles. The van der Waals surface area contributed by atoms with Crippen LogP contribution in [0, 0.1) is 0 Å². The molecule has 6 nitrogen and oxygen atoms in total. The van der Waals surface area contributed by atoms with Crippen molar-refractivity contribution in [2.24, 2.45) is 0 Å². The van der Waals surface area contributed by atoms with E-state index in [2.05, 4.69) is 10.6 Å². The van der Waals surface area contributed by atoms with E-state index in [1.54, 1.807) is 54.6 Å². The predicted molar refractivity (Wildman–Crippen MR) is 97.4 cm³/mol. The summed E-state index contributed by atoms with van der Waals surface area (Å²) < 4.78 is 4.79. The fraction of sp³-hybridized carbons (Fsp3) is 0.211. The van der Waals surface area contributed by atoms with Crippen molar-refractivity contribution in [3.05, 3.63) is 70.7 Å². The minimum absolute atomic E-state index is 0.366. The Morgan fingerprint density at radius 2 is 1.46 bits per heavy atom. The van der Waals surface area contributed by atoms with Crippen molar-refractivity contribution in [1.29, 1.82) is 0 Å². The first-order valence-electron chi connectivity index (χ1n) is 7.88. The average molecular weight is 375 g/mol. The zero-order chi connectivity index (χ0) is 19.1. The van der Waals surface area contributed by atoms with Gasteiger partial charge in [0.1, 0.15) is 6.04 Å². The topological polar surface area (TPSA) is 84.5 Å². The number of amides is 2. The highest BCUT2D eigenvalue weighted by molar-refractivity contribution is 6.30. The van der Waals surface area contributed by atoms with Gasteiger partial charge in [0.15, 0.2) is 6.04 Å². The van der Waals surface area contributed by atoms with Gasteiger partial charge in [-0.05, 0) is 23.3 Å². The molecule has 0 saturated carbocycles. The van der Waals surface area contributed by atoms with Gasteiger partial charge >= 0.3 is 5.97 Å². The highest BCUT2D eigenvalue weighted by Gasteiger charge is 2.28. The van der Waals surface area contributed by atoms with Crippen LogP contribution in [0.4, 0.5) is 0 Å². The fourth-order valence-corrected chi connectivity index (χ4v) is 2.55. The van der Waals surface area contributed by atoms with Crippen molar-refractivity contribution in [2.75, 3.05) is 7.11 Å². The lowest BCUT2D eigenvalue weighted by molar-refractivity contribution is -0.145. The number of hydrogen-bond acceptors (Lipinski definition) is 4. The van der Waals surface area contributed by atoms with Gasteiger partial charge in [-0.15, -0.1) is 0 Å². The molecule has 136 valence electrons. The SMILES string of the molecule is COC(=O)C(NC(=O)C(NC(C)=O)c1ccccc1)c1ccc(Cl)cc1. The number of methoxy groups -OCH3 is 1. The van der Waals surface area contributed by atoms with Gasteiger partial charge in [0, 0.05) is 11.9 Å². The Morgan fingerprint density at radius 3 is 2.00 bits per heavy atom. The van der Waals surface area contributed by atoms with E-state index >= 15 is 0 Å². The molecule has 2 unspecified atom stereocenters. The number of halogens is 1. The Hall–Kier alpha value is -2.86. The van der Waals surface area contributed by atoms with Crippen LogP contribution in [0.25, 0.3) is 0 Å². The Kier molecular flexibility index (Phi) is 6.74. The summed E-state index contributed by atoms with van der Waals surface area (Å²) in [5.74, 6) is -1.53. The molecule has 0 spiro atoms.